The number of hydrogen-bond acceptors (Lipinski definition) is 4. The molecule has 1 N–H and O–H groups in total. The van der Waals surface area contributed by atoms with Crippen LogP contribution in [0.5, 0.6) is 0 Å². The Morgan fingerprint density at radius 2 is 1.84 bits per heavy atom. The van der Waals surface area contributed by atoms with Crippen LogP contribution in [0.3, 0.4) is 0 Å². The van der Waals surface area contributed by atoms with E-state index in [1.165, 1.54) is 12.3 Å². The summed E-state index contributed by atoms with van der Waals surface area (Å²) in [7, 11) is -3.25. The number of carbonyl (C=O) groups is 1. The molecule has 0 radical (unpaired) electrons. The minimum absolute atomic E-state index is 0.0105. The molecule has 0 bridgehead atoms. The zero-order chi connectivity index (χ0) is 22.6. The van der Waals surface area contributed by atoms with Crippen molar-refractivity contribution in [3.05, 3.63) is 64.4 Å². The summed E-state index contributed by atoms with van der Waals surface area (Å²) in [5, 5.41) is 3.49. The maximum absolute atomic E-state index is 14.0. The van der Waals surface area contributed by atoms with E-state index in [2.05, 4.69) is 10.2 Å². The van der Waals surface area contributed by atoms with Crippen LogP contribution in [0.2, 0.25) is 5.02 Å². The van der Waals surface area contributed by atoms with E-state index >= 15 is 0 Å². The number of amides is 1. The van der Waals surface area contributed by atoms with Crippen molar-refractivity contribution < 1.29 is 17.6 Å². The van der Waals surface area contributed by atoms with Gasteiger partial charge in [0, 0.05) is 29.3 Å². The van der Waals surface area contributed by atoms with Gasteiger partial charge < -0.3 is 5.32 Å². The average Bonchev–Trinajstić information content (AvgIpc) is 2.74. The lowest BCUT2D eigenvalue weighted by Gasteiger charge is -2.32. The minimum Gasteiger partial charge on any atom is -0.349 e. The standard InChI is InChI=1S/C23H28ClFN2O3S/c1-3-22(16-5-8-20(9-6-16)31(2,29)30)26-23(28)17-10-12-27(13-11-17)15-18-4-7-19(24)14-21(18)25/h4-9,14,17,22H,3,10-13,15H2,1-2H3,(H,26,28)/t22-/m0/s1. The van der Waals surface area contributed by atoms with Crippen molar-refractivity contribution in [2.45, 2.75) is 43.7 Å². The second-order valence-electron chi connectivity index (χ2n) is 8.10. The second kappa shape index (κ2) is 10.1. The molecule has 1 fully saturated rings. The Balaban J connectivity index is 1.54. The zero-order valence-corrected chi connectivity index (χ0v) is 19.3. The van der Waals surface area contributed by atoms with E-state index in [9.17, 15) is 17.6 Å². The van der Waals surface area contributed by atoms with Crippen LogP contribution in [0.25, 0.3) is 0 Å². The largest absolute Gasteiger partial charge is 0.349 e. The molecule has 1 saturated heterocycles. The van der Waals surface area contributed by atoms with E-state index in [1.54, 1.807) is 36.4 Å². The Kier molecular flexibility index (Phi) is 7.73. The Hall–Kier alpha value is -1.96. The van der Waals surface area contributed by atoms with Gasteiger partial charge in [0.15, 0.2) is 9.84 Å². The van der Waals surface area contributed by atoms with Gasteiger partial charge in [0.05, 0.1) is 10.9 Å². The van der Waals surface area contributed by atoms with Crippen molar-refractivity contribution in [2.24, 2.45) is 5.92 Å². The summed E-state index contributed by atoms with van der Waals surface area (Å²) in [6.45, 7) is 3.93. The lowest BCUT2D eigenvalue weighted by Crippen LogP contribution is -2.41. The predicted molar refractivity (Wildman–Crippen MR) is 120 cm³/mol. The quantitative estimate of drug-likeness (QED) is 0.658. The molecule has 0 spiro atoms. The van der Waals surface area contributed by atoms with Crippen molar-refractivity contribution >= 4 is 27.3 Å². The first-order chi connectivity index (χ1) is 14.7. The van der Waals surface area contributed by atoms with Crippen molar-refractivity contribution in [2.75, 3.05) is 19.3 Å². The highest BCUT2D eigenvalue weighted by Gasteiger charge is 2.27. The monoisotopic (exact) mass is 466 g/mol. The van der Waals surface area contributed by atoms with Gasteiger partial charge in [-0.15, -0.1) is 0 Å². The first-order valence-electron chi connectivity index (χ1n) is 10.4. The Morgan fingerprint density at radius 3 is 2.39 bits per heavy atom. The number of halogens is 2. The number of piperidine rings is 1. The number of nitrogens with zero attached hydrogens (tertiary/aromatic N) is 1. The van der Waals surface area contributed by atoms with Gasteiger partial charge in [-0.2, -0.15) is 0 Å². The smallest absolute Gasteiger partial charge is 0.223 e. The van der Waals surface area contributed by atoms with E-state index in [4.69, 9.17) is 11.6 Å². The highest BCUT2D eigenvalue weighted by atomic mass is 35.5. The second-order valence-corrected chi connectivity index (χ2v) is 10.5. The third kappa shape index (κ3) is 6.28. The molecule has 8 heteroatoms. The van der Waals surface area contributed by atoms with Gasteiger partial charge in [0.2, 0.25) is 5.91 Å². The van der Waals surface area contributed by atoms with E-state index in [1.807, 2.05) is 6.92 Å². The minimum atomic E-state index is -3.25. The van der Waals surface area contributed by atoms with Gasteiger partial charge in [0.1, 0.15) is 5.82 Å². The zero-order valence-electron chi connectivity index (χ0n) is 17.8. The van der Waals surface area contributed by atoms with Crippen LogP contribution < -0.4 is 5.32 Å². The summed E-state index contributed by atoms with van der Waals surface area (Å²) >= 11 is 5.81. The lowest BCUT2D eigenvalue weighted by molar-refractivity contribution is -0.127. The molecule has 1 aliphatic rings. The van der Waals surface area contributed by atoms with Crippen LogP contribution in [0.4, 0.5) is 4.39 Å². The van der Waals surface area contributed by atoms with E-state index < -0.39 is 9.84 Å². The van der Waals surface area contributed by atoms with Gasteiger partial charge >= 0.3 is 0 Å². The highest BCUT2D eigenvalue weighted by molar-refractivity contribution is 7.90. The molecule has 0 aromatic heterocycles. The molecule has 0 unspecified atom stereocenters. The number of carbonyl (C=O) groups excluding carboxylic acids is 1. The van der Waals surface area contributed by atoms with Crippen LogP contribution in [-0.2, 0) is 21.2 Å². The first-order valence-corrected chi connectivity index (χ1v) is 12.7. The molecule has 1 amide bonds. The van der Waals surface area contributed by atoms with Gasteiger partial charge in [-0.05, 0) is 62.2 Å². The lowest BCUT2D eigenvalue weighted by atomic mass is 9.94. The maximum atomic E-state index is 14.0. The van der Waals surface area contributed by atoms with E-state index in [-0.39, 0.29) is 28.6 Å². The summed E-state index contributed by atoms with van der Waals surface area (Å²) < 4.78 is 37.3. The van der Waals surface area contributed by atoms with Gasteiger partial charge in [-0.25, -0.2) is 12.8 Å². The number of sulfone groups is 1. The van der Waals surface area contributed by atoms with Crippen LogP contribution >= 0.6 is 11.6 Å². The fourth-order valence-corrected chi connectivity index (χ4v) is 4.69. The third-order valence-electron chi connectivity index (χ3n) is 5.80. The normalized spacial score (nSPS) is 16.8. The molecule has 0 saturated carbocycles. The molecule has 1 atom stereocenters. The molecule has 31 heavy (non-hydrogen) atoms. The van der Waals surface area contributed by atoms with E-state index in [0.29, 0.717) is 36.4 Å². The molecule has 168 valence electrons. The van der Waals surface area contributed by atoms with Crippen LogP contribution in [0, 0.1) is 11.7 Å². The van der Waals surface area contributed by atoms with Gasteiger partial charge in [0.25, 0.3) is 0 Å². The van der Waals surface area contributed by atoms with Crippen molar-refractivity contribution in [3.8, 4) is 0 Å². The summed E-state index contributed by atoms with van der Waals surface area (Å²) in [4.78, 5) is 15.2. The summed E-state index contributed by atoms with van der Waals surface area (Å²) in [5.41, 5.74) is 1.50. The molecule has 5 nitrogen and oxygen atoms in total. The van der Waals surface area contributed by atoms with Crippen LogP contribution in [0.15, 0.2) is 47.4 Å². The topological polar surface area (TPSA) is 66.5 Å². The van der Waals surface area contributed by atoms with Crippen molar-refractivity contribution in [1.82, 2.24) is 10.2 Å². The Bertz CT molecular complexity index is 1020. The molecule has 0 aliphatic carbocycles. The molecule has 2 aromatic rings. The highest BCUT2D eigenvalue weighted by Crippen LogP contribution is 2.24. The molecular formula is C23H28ClFN2O3S. The van der Waals surface area contributed by atoms with Crippen LogP contribution in [-0.4, -0.2) is 38.6 Å². The van der Waals surface area contributed by atoms with Crippen molar-refractivity contribution in [3.63, 3.8) is 0 Å². The average molecular weight is 467 g/mol. The summed E-state index contributed by atoms with van der Waals surface area (Å²) in [5.74, 6) is -0.382. The number of hydrogen-bond donors (Lipinski definition) is 1. The van der Waals surface area contributed by atoms with E-state index in [0.717, 1.165) is 18.7 Å². The molecule has 1 aliphatic heterocycles. The van der Waals surface area contributed by atoms with Gasteiger partial charge in [-0.1, -0.05) is 36.7 Å². The number of likely N-dealkylation sites (tertiary alicyclic amines) is 1. The molecular weight excluding hydrogens is 439 g/mol. The fraction of sp³-hybridized carbons (Fsp3) is 0.435. The number of rotatable bonds is 7. The number of benzene rings is 2. The molecule has 1 heterocycles. The fourth-order valence-electron chi connectivity index (χ4n) is 3.90. The van der Waals surface area contributed by atoms with Crippen molar-refractivity contribution in [1.29, 1.82) is 0 Å². The third-order valence-corrected chi connectivity index (χ3v) is 7.17. The SMILES string of the molecule is CC[C@H](NC(=O)C1CCN(Cc2ccc(Cl)cc2F)CC1)c1ccc(S(C)(=O)=O)cc1. The molecule has 3 rings (SSSR count). The molecule has 2 aromatic carbocycles. The maximum Gasteiger partial charge on any atom is 0.223 e. The Labute approximate surface area is 188 Å². The first kappa shape index (κ1) is 23.7. The summed E-state index contributed by atoms with van der Waals surface area (Å²) in [6.07, 6.45) is 3.31. The number of nitrogens with one attached hydrogen (secondary N) is 1. The summed E-state index contributed by atoms with van der Waals surface area (Å²) in [6, 6.07) is 11.2. The Morgan fingerprint density at radius 1 is 1.19 bits per heavy atom. The van der Waals surface area contributed by atoms with Gasteiger partial charge in [-0.3, -0.25) is 9.69 Å². The van der Waals surface area contributed by atoms with Crippen LogP contribution in [0.1, 0.15) is 43.4 Å². The predicted octanol–water partition coefficient (Wildman–Crippen LogP) is 4.36.